The quantitative estimate of drug-likeness (QED) is 0.333. The van der Waals surface area contributed by atoms with Crippen LogP contribution in [0.5, 0.6) is 5.75 Å². The Kier molecular flexibility index (Phi) is 7.29. The molecule has 7 rings (SSSR count). The summed E-state index contributed by atoms with van der Waals surface area (Å²) in [7, 11) is 0. The van der Waals surface area contributed by atoms with Gasteiger partial charge in [-0.15, -0.1) is 0 Å². The molecular weight excluding hydrogens is 542 g/mol. The van der Waals surface area contributed by atoms with E-state index in [1.165, 1.54) is 0 Å². The number of ketones is 1. The lowest BCUT2D eigenvalue weighted by Gasteiger charge is -2.38. The Hall–Kier alpha value is -4.33. The van der Waals surface area contributed by atoms with Crippen LogP contribution in [0, 0.1) is 11.3 Å². The van der Waals surface area contributed by atoms with Gasteiger partial charge in [0, 0.05) is 80.2 Å². The van der Waals surface area contributed by atoms with Gasteiger partial charge in [0.1, 0.15) is 30.0 Å². The first-order valence-corrected chi connectivity index (χ1v) is 15.1. The lowest BCUT2D eigenvalue weighted by Crippen LogP contribution is -2.46. The third-order valence-electron chi connectivity index (χ3n) is 9.34. The molecule has 0 spiro atoms. The first kappa shape index (κ1) is 27.5. The van der Waals surface area contributed by atoms with Crippen molar-refractivity contribution >= 4 is 17.1 Å². The van der Waals surface area contributed by atoms with E-state index in [0.29, 0.717) is 81.0 Å². The van der Waals surface area contributed by atoms with Crippen molar-refractivity contribution in [3.63, 3.8) is 0 Å². The third kappa shape index (κ3) is 5.58. The van der Waals surface area contributed by atoms with Crippen molar-refractivity contribution in [2.45, 2.75) is 62.6 Å². The average Bonchev–Trinajstić information content (AvgIpc) is 3.54. The molecule has 220 valence electrons. The van der Waals surface area contributed by atoms with Crippen molar-refractivity contribution in [1.29, 1.82) is 5.26 Å². The van der Waals surface area contributed by atoms with Crippen LogP contribution in [0.4, 0.5) is 5.82 Å². The molecule has 3 saturated heterocycles. The third-order valence-corrected chi connectivity index (χ3v) is 9.34. The van der Waals surface area contributed by atoms with E-state index in [0.717, 1.165) is 47.5 Å². The summed E-state index contributed by atoms with van der Waals surface area (Å²) in [6.45, 7) is 2.70. The average molecular weight is 578 g/mol. The summed E-state index contributed by atoms with van der Waals surface area (Å²) in [5.41, 5.74) is 3.05. The standard InChI is InChI=1S/C33H35N7O3/c34-19-24-21-37-40-22-29(43-14-13-39-26-5-6-27(39)16-28(41)15-26)17-30(32(24)40)23-4-7-31(36-20-23)38-11-8-33(42,9-12-38)18-25-3-1-2-10-35-25/h1-4,7,10,17,20-22,26-27,42H,5-6,8-9,11-16,18H2. The minimum Gasteiger partial charge on any atom is -0.491 e. The number of aliphatic hydroxyl groups is 1. The number of carbonyl (C=O) groups is 1. The molecule has 7 heterocycles. The van der Waals surface area contributed by atoms with Crippen LogP contribution in [0.25, 0.3) is 16.6 Å². The predicted octanol–water partition coefficient (Wildman–Crippen LogP) is 3.81. The highest BCUT2D eigenvalue weighted by atomic mass is 16.5. The smallest absolute Gasteiger partial charge is 0.138 e. The van der Waals surface area contributed by atoms with Crippen LogP contribution in [-0.2, 0) is 11.2 Å². The number of hydrogen-bond acceptors (Lipinski definition) is 9. The zero-order valence-electron chi connectivity index (χ0n) is 24.1. The number of Topliss-reactive ketones (excluding diaryl/α,β-unsaturated/α-hetero) is 1. The van der Waals surface area contributed by atoms with E-state index in [4.69, 9.17) is 9.72 Å². The number of rotatable bonds is 8. The van der Waals surface area contributed by atoms with E-state index >= 15 is 0 Å². The summed E-state index contributed by atoms with van der Waals surface area (Å²) in [6, 6.07) is 14.7. The van der Waals surface area contributed by atoms with E-state index in [1.807, 2.05) is 48.8 Å². The summed E-state index contributed by atoms with van der Waals surface area (Å²) in [5, 5.41) is 25.3. The molecule has 0 saturated carbocycles. The summed E-state index contributed by atoms with van der Waals surface area (Å²) in [6.07, 6.45) is 12.3. The number of anilines is 1. The maximum atomic E-state index is 12.0. The van der Waals surface area contributed by atoms with Gasteiger partial charge in [-0.2, -0.15) is 10.4 Å². The van der Waals surface area contributed by atoms with Crippen molar-refractivity contribution < 1.29 is 14.6 Å². The molecule has 43 heavy (non-hydrogen) atoms. The molecule has 10 heteroatoms. The van der Waals surface area contributed by atoms with Gasteiger partial charge in [0.2, 0.25) is 0 Å². The summed E-state index contributed by atoms with van der Waals surface area (Å²) in [5.74, 6) is 1.91. The fraction of sp³-hybridized carbons (Fsp3) is 0.424. The van der Waals surface area contributed by atoms with Gasteiger partial charge >= 0.3 is 0 Å². The van der Waals surface area contributed by atoms with E-state index in [9.17, 15) is 15.2 Å². The monoisotopic (exact) mass is 577 g/mol. The number of nitrogens with zero attached hydrogens (tertiary/aromatic N) is 7. The van der Waals surface area contributed by atoms with E-state index in [2.05, 4.69) is 26.0 Å². The summed E-state index contributed by atoms with van der Waals surface area (Å²) in [4.78, 5) is 25.8. The van der Waals surface area contributed by atoms with Crippen LogP contribution in [0.3, 0.4) is 0 Å². The summed E-state index contributed by atoms with van der Waals surface area (Å²) < 4.78 is 7.93. The SMILES string of the molecule is N#Cc1cnn2cc(OCCN3C4CCC3CC(=O)C4)cc(-c3ccc(N4CCC(O)(Cc5ccccn5)CC4)nc3)c12. The van der Waals surface area contributed by atoms with Gasteiger partial charge in [0.15, 0.2) is 0 Å². The molecule has 10 nitrogen and oxygen atoms in total. The van der Waals surface area contributed by atoms with Crippen molar-refractivity contribution in [2.75, 3.05) is 31.1 Å². The molecule has 0 radical (unpaired) electrons. The first-order valence-electron chi connectivity index (χ1n) is 15.1. The highest BCUT2D eigenvalue weighted by Crippen LogP contribution is 2.35. The molecule has 0 aliphatic carbocycles. The van der Waals surface area contributed by atoms with E-state index in [1.54, 1.807) is 16.9 Å². The summed E-state index contributed by atoms with van der Waals surface area (Å²) >= 11 is 0. The van der Waals surface area contributed by atoms with Gasteiger partial charge in [-0.1, -0.05) is 6.07 Å². The van der Waals surface area contributed by atoms with E-state index < -0.39 is 5.60 Å². The van der Waals surface area contributed by atoms with Crippen LogP contribution in [0.15, 0.2) is 61.2 Å². The van der Waals surface area contributed by atoms with Gasteiger partial charge in [-0.25, -0.2) is 9.50 Å². The fourth-order valence-corrected chi connectivity index (χ4v) is 7.08. The van der Waals surface area contributed by atoms with Gasteiger partial charge in [0.25, 0.3) is 0 Å². The molecule has 1 N–H and O–H groups in total. The number of nitriles is 1. The van der Waals surface area contributed by atoms with Gasteiger partial charge in [-0.05, 0) is 56.0 Å². The zero-order valence-corrected chi connectivity index (χ0v) is 24.1. The lowest BCUT2D eigenvalue weighted by molar-refractivity contribution is -0.123. The second kappa shape index (κ2) is 11.4. The Bertz CT molecular complexity index is 1640. The number of piperidine rings is 2. The van der Waals surface area contributed by atoms with Gasteiger partial charge in [0.05, 0.1) is 29.1 Å². The predicted molar refractivity (Wildman–Crippen MR) is 161 cm³/mol. The maximum absolute atomic E-state index is 12.0. The minimum absolute atomic E-state index is 0.344. The second-order valence-corrected chi connectivity index (χ2v) is 12.1. The van der Waals surface area contributed by atoms with Crippen molar-refractivity contribution in [3.8, 4) is 22.9 Å². The lowest BCUT2D eigenvalue weighted by atomic mass is 9.87. The Morgan fingerprint density at radius 1 is 1.07 bits per heavy atom. The Labute approximate surface area is 250 Å². The fourth-order valence-electron chi connectivity index (χ4n) is 7.08. The largest absolute Gasteiger partial charge is 0.491 e. The Balaban J connectivity index is 1.05. The van der Waals surface area contributed by atoms with Crippen LogP contribution < -0.4 is 9.64 Å². The molecule has 3 aliphatic rings. The maximum Gasteiger partial charge on any atom is 0.138 e. The molecule has 0 amide bonds. The molecule has 4 aromatic rings. The molecule has 4 aromatic heterocycles. The van der Waals surface area contributed by atoms with Crippen molar-refractivity contribution in [1.82, 2.24) is 24.5 Å². The molecular formula is C33H35N7O3. The van der Waals surface area contributed by atoms with Crippen molar-refractivity contribution in [2.24, 2.45) is 0 Å². The molecule has 2 atom stereocenters. The second-order valence-electron chi connectivity index (χ2n) is 12.1. The molecule has 3 fully saturated rings. The molecule has 2 bridgehead atoms. The number of pyridine rings is 3. The van der Waals surface area contributed by atoms with E-state index in [-0.39, 0.29) is 0 Å². The molecule has 0 aromatic carbocycles. The Morgan fingerprint density at radius 3 is 2.58 bits per heavy atom. The number of carbonyl (C=O) groups excluding carboxylic acids is 1. The van der Waals surface area contributed by atoms with Crippen LogP contribution >= 0.6 is 0 Å². The van der Waals surface area contributed by atoms with Gasteiger partial charge in [-0.3, -0.25) is 14.7 Å². The number of aromatic nitrogens is 4. The van der Waals surface area contributed by atoms with Crippen LogP contribution in [-0.4, -0.2) is 79.3 Å². The topological polar surface area (TPSA) is 120 Å². The zero-order chi connectivity index (χ0) is 29.4. The number of ether oxygens (including phenoxy) is 1. The highest BCUT2D eigenvalue weighted by Gasteiger charge is 2.39. The van der Waals surface area contributed by atoms with Crippen LogP contribution in [0.2, 0.25) is 0 Å². The minimum atomic E-state index is -0.766. The normalized spacial score (nSPS) is 21.7. The number of fused-ring (bicyclic) bond motifs is 3. The first-order chi connectivity index (χ1) is 21.0. The van der Waals surface area contributed by atoms with Crippen molar-refractivity contribution in [3.05, 3.63) is 72.4 Å². The molecule has 2 unspecified atom stereocenters. The molecule has 3 aliphatic heterocycles. The Morgan fingerprint density at radius 2 is 1.88 bits per heavy atom. The van der Waals surface area contributed by atoms with Crippen LogP contribution in [0.1, 0.15) is 49.8 Å². The highest BCUT2D eigenvalue weighted by molar-refractivity contribution is 5.85. The van der Waals surface area contributed by atoms with Gasteiger partial charge < -0.3 is 14.7 Å². The number of hydrogen-bond donors (Lipinski definition) is 1.